The number of benzene rings is 2. The van der Waals surface area contributed by atoms with Gasteiger partial charge in [-0.15, -0.1) is 0 Å². The smallest absolute Gasteiger partial charge is 0.243 e. The van der Waals surface area contributed by atoms with Crippen LogP contribution in [0.3, 0.4) is 0 Å². The second-order valence-electron chi connectivity index (χ2n) is 9.40. The third-order valence-corrected chi connectivity index (χ3v) is 6.65. The minimum absolute atomic E-state index is 0.0355. The van der Waals surface area contributed by atoms with E-state index < -0.39 is 35.5 Å². The summed E-state index contributed by atoms with van der Waals surface area (Å²) in [5, 5.41) is 6.68. The molecule has 1 fully saturated rings. The number of nitrogens with zero attached hydrogens (tertiary/aromatic N) is 2. The van der Waals surface area contributed by atoms with E-state index in [-0.39, 0.29) is 23.3 Å². The lowest BCUT2D eigenvalue weighted by Gasteiger charge is -2.29. The molecule has 6 nitrogen and oxygen atoms in total. The number of aromatic nitrogens is 1. The molecule has 0 bridgehead atoms. The van der Waals surface area contributed by atoms with Gasteiger partial charge in [-0.3, -0.25) is 9.59 Å². The van der Waals surface area contributed by atoms with Crippen LogP contribution in [0.2, 0.25) is 0 Å². The van der Waals surface area contributed by atoms with Crippen molar-refractivity contribution in [2.24, 2.45) is 5.92 Å². The Morgan fingerprint density at radius 2 is 1.60 bits per heavy atom. The number of amides is 2. The summed E-state index contributed by atoms with van der Waals surface area (Å²) in [7, 11) is 0. The summed E-state index contributed by atoms with van der Waals surface area (Å²) in [5.74, 6) is -4.52. The Bertz CT molecular complexity index is 1230. The highest BCUT2D eigenvalue weighted by molar-refractivity contribution is 5.91. The highest BCUT2D eigenvalue weighted by Crippen LogP contribution is 2.31. The van der Waals surface area contributed by atoms with Gasteiger partial charge in [-0.1, -0.05) is 71.0 Å². The molecule has 1 aromatic heterocycles. The first-order valence-corrected chi connectivity index (χ1v) is 13.9. The van der Waals surface area contributed by atoms with E-state index in [2.05, 4.69) is 10.5 Å². The van der Waals surface area contributed by atoms with Gasteiger partial charge < -0.3 is 14.7 Å². The van der Waals surface area contributed by atoms with E-state index in [0.717, 1.165) is 11.6 Å². The van der Waals surface area contributed by atoms with Gasteiger partial charge in [-0.05, 0) is 48.9 Å². The normalized spacial score (nSPS) is 15.9. The topological polar surface area (TPSA) is 75.4 Å². The molecular formula is C31H40F3N3O3. The number of halogens is 3. The molecule has 4 rings (SSSR count). The number of likely N-dealkylation sites (tertiary alicyclic amines) is 1. The summed E-state index contributed by atoms with van der Waals surface area (Å²) >= 11 is 0. The quantitative estimate of drug-likeness (QED) is 0.306. The van der Waals surface area contributed by atoms with E-state index in [0.29, 0.717) is 30.7 Å². The van der Waals surface area contributed by atoms with Crippen molar-refractivity contribution in [3.05, 3.63) is 77.4 Å². The molecule has 2 aromatic carbocycles. The van der Waals surface area contributed by atoms with Crippen LogP contribution < -0.4 is 5.32 Å². The van der Waals surface area contributed by atoms with Gasteiger partial charge in [0.05, 0.1) is 12.2 Å². The average Bonchev–Trinajstić information content (AvgIpc) is 3.67. The summed E-state index contributed by atoms with van der Waals surface area (Å²) in [6.07, 6.45) is 2.77. The van der Waals surface area contributed by atoms with Gasteiger partial charge in [0.2, 0.25) is 11.8 Å². The van der Waals surface area contributed by atoms with Crippen LogP contribution in [0, 0.1) is 23.4 Å². The molecule has 3 atom stereocenters. The molecule has 0 aliphatic carbocycles. The second-order valence-corrected chi connectivity index (χ2v) is 9.40. The third-order valence-electron chi connectivity index (χ3n) is 6.65. The highest BCUT2D eigenvalue weighted by atomic mass is 19.2. The van der Waals surface area contributed by atoms with Crippen LogP contribution in [0.4, 0.5) is 13.2 Å². The van der Waals surface area contributed by atoms with Gasteiger partial charge >= 0.3 is 0 Å². The first-order valence-electron chi connectivity index (χ1n) is 13.9. The minimum atomic E-state index is -1.52. The van der Waals surface area contributed by atoms with Crippen LogP contribution in [-0.2, 0) is 9.59 Å². The summed E-state index contributed by atoms with van der Waals surface area (Å²) in [6, 6.07) is 9.30. The Morgan fingerprint density at radius 3 is 2.17 bits per heavy atom. The van der Waals surface area contributed by atoms with Crippen LogP contribution in [-0.4, -0.2) is 34.5 Å². The molecule has 3 aromatic rings. The maximum Gasteiger partial charge on any atom is 0.243 e. The first kappa shape index (κ1) is 32.6. The van der Waals surface area contributed by atoms with Crippen LogP contribution >= 0.6 is 0 Å². The molecule has 2 heterocycles. The molecule has 3 unspecified atom stereocenters. The molecular weight excluding hydrogens is 519 g/mol. The molecule has 1 aliphatic heterocycles. The molecule has 0 saturated carbocycles. The molecule has 1 saturated heterocycles. The first-order chi connectivity index (χ1) is 19.2. The number of carbonyl (C=O) groups excluding carboxylic acids is 2. The number of rotatable bonds is 7. The van der Waals surface area contributed by atoms with Gasteiger partial charge in [0.25, 0.3) is 0 Å². The van der Waals surface area contributed by atoms with Crippen molar-refractivity contribution >= 4 is 11.8 Å². The number of hydrogen-bond acceptors (Lipinski definition) is 4. The van der Waals surface area contributed by atoms with Gasteiger partial charge in [0.15, 0.2) is 17.5 Å². The summed E-state index contributed by atoms with van der Waals surface area (Å²) < 4.78 is 46.2. The van der Waals surface area contributed by atoms with Gasteiger partial charge in [0.1, 0.15) is 17.7 Å². The van der Waals surface area contributed by atoms with Crippen molar-refractivity contribution < 1.29 is 27.3 Å². The number of carbonyl (C=O) groups is 2. The fraction of sp³-hybridized carbons (Fsp3) is 0.452. The predicted octanol–water partition coefficient (Wildman–Crippen LogP) is 7.42. The zero-order valence-electron chi connectivity index (χ0n) is 24.3. The van der Waals surface area contributed by atoms with E-state index in [1.54, 1.807) is 42.2 Å². The summed E-state index contributed by atoms with van der Waals surface area (Å²) in [5.41, 5.74) is 1.07. The Morgan fingerprint density at radius 1 is 0.950 bits per heavy atom. The van der Waals surface area contributed by atoms with Crippen LogP contribution in [0.1, 0.15) is 84.6 Å². The lowest BCUT2D eigenvalue weighted by atomic mass is 9.91. The van der Waals surface area contributed by atoms with Crippen LogP contribution in [0.15, 0.2) is 53.2 Å². The number of hydrogen-bond donors (Lipinski definition) is 1. The Labute approximate surface area is 234 Å². The molecule has 9 heteroatoms. The molecule has 1 aliphatic rings. The van der Waals surface area contributed by atoms with Crippen LogP contribution in [0.25, 0.3) is 11.1 Å². The van der Waals surface area contributed by atoms with Crippen molar-refractivity contribution in [1.29, 1.82) is 0 Å². The molecule has 2 amide bonds. The number of nitrogens with one attached hydrogen (secondary N) is 1. The Kier molecular flexibility index (Phi) is 12.4. The largest absolute Gasteiger partial charge is 0.361 e. The van der Waals surface area contributed by atoms with Gasteiger partial charge in [-0.25, -0.2) is 13.2 Å². The SMILES string of the molecule is CC.CC.CC(NC(=O)C1CCCN1C(=O)C(c1ccno1)C(C)C)c1ccc(-c2ccc(F)c(F)c2F)cc1. The fourth-order valence-electron chi connectivity index (χ4n) is 4.70. The zero-order chi connectivity index (χ0) is 30.0. The monoisotopic (exact) mass is 559 g/mol. The minimum Gasteiger partial charge on any atom is -0.361 e. The average molecular weight is 560 g/mol. The fourth-order valence-corrected chi connectivity index (χ4v) is 4.70. The molecule has 218 valence electrons. The van der Waals surface area contributed by atoms with Crippen molar-refractivity contribution in [3.63, 3.8) is 0 Å². The summed E-state index contributed by atoms with van der Waals surface area (Å²) in [4.78, 5) is 28.2. The van der Waals surface area contributed by atoms with E-state index in [1.165, 1.54) is 12.3 Å². The highest BCUT2D eigenvalue weighted by Gasteiger charge is 2.40. The van der Waals surface area contributed by atoms with Crippen molar-refractivity contribution in [3.8, 4) is 11.1 Å². The van der Waals surface area contributed by atoms with Crippen molar-refractivity contribution in [1.82, 2.24) is 15.4 Å². The van der Waals surface area contributed by atoms with Gasteiger partial charge in [-0.2, -0.15) is 0 Å². The maximum atomic E-state index is 14.1. The van der Waals surface area contributed by atoms with E-state index >= 15 is 0 Å². The maximum absolute atomic E-state index is 14.1. The van der Waals surface area contributed by atoms with E-state index in [4.69, 9.17) is 4.52 Å². The Balaban J connectivity index is 0.00000134. The lowest BCUT2D eigenvalue weighted by molar-refractivity contribution is -0.141. The van der Waals surface area contributed by atoms with Crippen molar-refractivity contribution in [2.45, 2.75) is 79.3 Å². The molecule has 0 spiro atoms. The van der Waals surface area contributed by atoms with Gasteiger partial charge in [0, 0.05) is 18.2 Å². The lowest BCUT2D eigenvalue weighted by Crippen LogP contribution is -2.48. The Hall–Kier alpha value is -3.62. The third kappa shape index (κ3) is 7.31. The standard InChI is InChI=1S/C27H28F3N3O3.2C2H6/c1-15(2)23(22-12-13-31-36-22)27(35)33-14-4-5-21(33)26(34)32-16(3)17-6-8-18(9-7-17)19-10-11-20(28)25(30)24(19)29;2*1-2/h6-13,15-16,21,23H,4-5,14H2,1-3H3,(H,32,34);2*1-2H3. The molecule has 40 heavy (non-hydrogen) atoms. The van der Waals surface area contributed by atoms with Crippen molar-refractivity contribution in [2.75, 3.05) is 6.54 Å². The summed E-state index contributed by atoms with van der Waals surface area (Å²) in [6.45, 7) is 14.1. The second kappa shape index (κ2) is 15.2. The molecule has 1 N–H and O–H groups in total. The molecule has 0 radical (unpaired) electrons. The predicted molar refractivity (Wildman–Crippen MR) is 150 cm³/mol. The van der Waals surface area contributed by atoms with E-state index in [9.17, 15) is 22.8 Å². The van der Waals surface area contributed by atoms with E-state index in [1.807, 2.05) is 41.5 Å². The zero-order valence-corrected chi connectivity index (χ0v) is 24.3. The van der Waals surface area contributed by atoms with Crippen LogP contribution in [0.5, 0.6) is 0 Å².